The maximum Gasteiger partial charge on any atom is 0.207 e. The summed E-state index contributed by atoms with van der Waals surface area (Å²) in [6.07, 6.45) is 0.827. The standard InChI is InChI=1S/C13H13Br2N5/c1-3-9-11-12(19(2)18-9)20(13(16)17-11)10-6-7(14)4-5-8(10)15/h4-6H,3H2,1-2H3,(H2,16,17). The second-order valence-electron chi connectivity index (χ2n) is 4.50. The summed E-state index contributed by atoms with van der Waals surface area (Å²) in [5, 5.41) is 4.50. The minimum atomic E-state index is 0.460. The molecule has 0 saturated carbocycles. The normalized spacial score (nSPS) is 11.4. The van der Waals surface area contributed by atoms with Crippen LogP contribution in [0.2, 0.25) is 0 Å². The van der Waals surface area contributed by atoms with Gasteiger partial charge in [-0.2, -0.15) is 5.10 Å². The fourth-order valence-electron chi connectivity index (χ4n) is 2.33. The smallest absolute Gasteiger partial charge is 0.207 e. The molecule has 0 unspecified atom stereocenters. The molecule has 0 aliphatic heterocycles. The first-order valence-corrected chi connectivity index (χ1v) is 7.76. The molecule has 0 radical (unpaired) electrons. The molecule has 0 aliphatic carbocycles. The van der Waals surface area contributed by atoms with Gasteiger partial charge in [0.1, 0.15) is 5.52 Å². The Morgan fingerprint density at radius 2 is 2.05 bits per heavy atom. The minimum absolute atomic E-state index is 0.460. The van der Waals surface area contributed by atoms with Crippen molar-refractivity contribution in [2.45, 2.75) is 13.3 Å². The van der Waals surface area contributed by atoms with Crippen molar-refractivity contribution in [2.24, 2.45) is 7.05 Å². The zero-order valence-corrected chi connectivity index (χ0v) is 14.2. The molecule has 20 heavy (non-hydrogen) atoms. The van der Waals surface area contributed by atoms with Crippen LogP contribution in [0.5, 0.6) is 0 Å². The quantitative estimate of drug-likeness (QED) is 0.719. The topological polar surface area (TPSA) is 61.7 Å². The molecular formula is C13H13Br2N5. The number of nitrogens with zero attached hydrogens (tertiary/aromatic N) is 4. The summed E-state index contributed by atoms with van der Waals surface area (Å²) in [5.74, 6) is 0.460. The van der Waals surface area contributed by atoms with E-state index in [1.165, 1.54) is 0 Å². The maximum absolute atomic E-state index is 6.12. The Balaban J connectivity index is 2.39. The second kappa shape index (κ2) is 4.89. The van der Waals surface area contributed by atoms with E-state index in [0.29, 0.717) is 5.95 Å². The molecule has 7 heteroatoms. The van der Waals surface area contributed by atoms with Crippen LogP contribution in [0.4, 0.5) is 5.95 Å². The van der Waals surface area contributed by atoms with Gasteiger partial charge in [0.2, 0.25) is 5.95 Å². The van der Waals surface area contributed by atoms with Gasteiger partial charge in [-0.3, -0.25) is 4.57 Å². The number of halogens is 2. The van der Waals surface area contributed by atoms with Crippen LogP contribution in [-0.4, -0.2) is 19.3 Å². The van der Waals surface area contributed by atoms with Gasteiger partial charge < -0.3 is 5.73 Å². The zero-order chi connectivity index (χ0) is 14.4. The van der Waals surface area contributed by atoms with Crippen molar-refractivity contribution < 1.29 is 0 Å². The van der Waals surface area contributed by atoms with Gasteiger partial charge in [0.25, 0.3) is 0 Å². The molecule has 2 aromatic heterocycles. The molecule has 0 spiro atoms. The first-order valence-electron chi connectivity index (χ1n) is 6.18. The number of hydrogen-bond donors (Lipinski definition) is 1. The average molecular weight is 399 g/mol. The van der Waals surface area contributed by atoms with Gasteiger partial charge in [-0.1, -0.05) is 22.9 Å². The molecule has 0 saturated heterocycles. The molecule has 0 atom stereocenters. The Hall–Kier alpha value is -1.34. The van der Waals surface area contributed by atoms with E-state index in [4.69, 9.17) is 5.73 Å². The van der Waals surface area contributed by atoms with Gasteiger partial charge in [0, 0.05) is 16.0 Å². The first kappa shape index (κ1) is 13.6. The summed E-state index contributed by atoms with van der Waals surface area (Å²) in [6.45, 7) is 2.06. The van der Waals surface area contributed by atoms with Crippen molar-refractivity contribution in [2.75, 3.05) is 5.73 Å². The van der Waals surface area contributed by atoms with Gasteiger partial charge in [0.15, 0.2) is 5.65 Å². The highest BCUT2D eigenvalue weighted by Gasteiger charge is 2.19. The Morgan fingerprint density at radius 1 is 1.30 bits per heavy atom. The highest BCUT2D eigenvalue weighted by atomic mass is 79.9. The minimum Gasteiger partial charge on any atom is -0.369 e. The Morgan fingerprint density at radius 3 is 2.75 bits per heavy atom. The van der Waals surface area contributed by atoms with E-state index >= 15 is 0 Å². The third-order valence-corrected chi connectivity index (χ3v) is 4.38. The molecular weight excluding hydrogens is 386 g/mol. The number of hydrogen-bond acceptors (Lipinski definition) is 3. The number of aryl methyl sites for hydroxylation is 2. The largest absolute Gasteiger partial charge is 0.369 e. The fourth-order valence-corrected chi connectivity index (χ4v) is 3.10. The molecule has 2 N–H and O–H groups in total. The molecule has 1 aromatic carbocycles. The predicted molar refractivity (Wildman–Crippen MR) is 87.0 cm³/mol. The van der Waals surface area contributed by atoms with E-state index in [1.807, 2.05) is 34.5 Å². The van der Waals surface area contributed by atoms with Crippen LogP contribution in [0.25, 0.3) is 16.9 Å². The summed E-state index contributed by atoms with van der Waals surface area (Å²) in [4.78, 5) is 4.47. The molecule has 3 aromatic rings. The van der Waals surface area contributed by atoms with Crippen molar-refractivity contribution in [3.63, 3.8) is 0 Å². The summed E-state index contributed by atoms with van der Waals surface area (Å²) < 4.78 is 5.67. The van der Waals surface area contributed by atoms with Crippen LogP contribution >= 0.6 is 31.9 Å². The number of imidazole rings is 1. The van der Waals surface area contributed by atoms with Crippen LogP contribution in [0.15, 0.2) is 27.1 Å². The van der Waals surface area contributed by atoms with Gasteiger partial charge >= 0.3 is 0 Å². The van der Waals surface area contributed by atoms with Gasteiger partial charge in [-0.25, -0.2) is 9.67 Å². The van der Waals surface area contributed by atoms with E-state index in [0.717, 1.165) is 37.9 Å². The molecule has 0 bridgehead atoms. The predicted octanol–water partition coefficient (Wildman–Crippen LogP) is 3.43. The number of nitrogen functional groups attached to an aromatic ring is 1. The number of aromatic nitrogens is 4. The van der Waals surface area contributed by atoms with E-state index < -0.39 is 0 Å². The zero-order valence-electron chi connectivity index (χ0n) is 11.1. The lowest BCUT2D eigenvalue weighted by Crippen LogP contribution is -2.05. The van der Waals surface area contributed by atoms with E-state index in [9.17, 15) is 0 Å². The molecule has 0 amide bonds. The summed E-state index contributed by atoms with van der Waals surface area (Å²) in [7, 11) is 1.91. The molecule has 2 heterocycles. The van der Waals surface area contributed by atoms with Gasteiger partial charge in [-0.05, 0) is 40.5 Å². The lowest BCUT2D eigenvalue weighted by Gasteiger charge is -2.09. The Bertz CT molecular complexity index is 803. The maximum atomic E-state index is 6.12. The van der Waals surface area contributed by atoms with Crippen LogP contribution in [-0.2, 0) is 13.5 Å². The van der Waals surface area contributed by atoms with Crippen LogP contribution in [0.3, 0.4) is 0 Å². The Kier molecular flexibility index (Phi) is 3.33. The molecule has 3 rings (SSSR count). The summed E-state index contributed by atoms with van der Waals surface area (Å²) in [5.41, 5.74) is 9.77. The number of nitrogens with two attached hydrogens (primary N) is 1. The Labute approximate surface area is 133 Å². The molecule has 5 nitrogen and oxygen atoms in total. The van der Waals surface area contributed by atoms with E-state index in [1.54, 1.807) is 0 Å². The SMILES string of the molecule is CCc1nn(C)c2c1nc(N)n2-c1cc(Br)ccc1Br. The number of anilines is 1. The van der Waals surface area contributed by atoms with E-state index in [2.05, 4.69) is 48.9 Å². The highest BCUT2D eigenvalue weighted by molar-refractivity contribution is 9.11. The van der Waals surface area contributed by atoms with Gasteiger partial charge in [-0.15, -0.1) is 0 Å². The number of rotatable bonds is 2. The second-order valence-corrected chi connectivity index (χ2v) is 6.27. The lowest BCUT2D eigenvalue weighted by atomic mass is 10.3. The third-order valence-electron chi connectivity index (χ3n) is 3.21. The fraction of sp³-hybridized carbons (Fsp3) is 0.231. The first-order chi connectivity index (χ1) is 9.52. The van der Waals surface area contributed by atoms with Crippen molar-refractivity contribution >= 4 is 49.0 Å². The summed E-state index contributed by atoms with van der Waals surface area (Å²) >= 11 is 7.06. The molecule has 0 fully saturated rings. The van der Waals surface area contributed by atoms with Gasteiger partial charge in [0.05, 0.1) is 11.4 Å². The molecule has 0 aliphatic rings. The van der Waals surface area contributed by atoms with Crippen LogP contribution < -0.4 is 5.73 Å². The van der Waals surface area contributed by atoms with Crippen LogP contribution in [0, 0.1) is 0 Å². The summed E-state index contributed by atoms with van der Waals surface area (Å²) in [6, 6.07) is 5.95. The number of fused-ring (bicyclic) bond motifs is 1. The van der Waals surface area contributed by atoms with Crippen molar-refractivity contribution in [3.8, 4) is 5.69 Å². The van der Waals surface area contributed by atoms with Crippen molar-refractivity contribution in [1.29, 1.82) is 0 Å². The molecule has 104 valence electrons. The van der Waals surface area contributed by atoms with Crippen molar-refractivity contribution in [1.82, 2.24) is 19.3 Å². The lowest BCUT2D eigenvalue weighted by molar-refractivity contribution is 0.751. The number of benzene rings is 1. The van der Waals surface area contributed by atoms with E-state index in [-0.39, 0.29) is 0 Å². The van der Waals surface area contributed by atoms with Crippen molar-refractivity contribution in [3.05, 3.63) is 32.8 Å². The van der Waals surface area contributed by atoms with Crippen LogP contribution in [0.1, 0.15) is 12.6 Å². The monoisotopic (exact) mass is 397 g/mol. The highest BCUT2D eigenvalue weighted by Crippen LogP contribution is 2.31. The average Bonchev–Trinajstić information content (AvgIpc) is 2.90. The third kappa shape index (κ3) is 1.96.